The maximum atomic E-state index is 11.5. The summed E-state index contributed by atoms with van der Waals surface area (Å²) in [7, 11) is 0. The molecule has 0 aromatic heterocycles. The molecule has 2 aliphatic heterocycles. The van der Waals surface area contributed by atoms with Crippen molar-refractivity contribution >= 4 is 12.2 Å². The van der Waals surface area contributed by atoms with Gasteiger partial charge in [0.15, 0.2) is 0 Å². The molecule has 0 N–H and O–H groups in total. The van der Waals surface area contributed by atoms with Gasteiger partial charge < -0.3 is 9.47 Å². The predicted molar refractivity (Wildman–Crippen MR) is 55.7 cm³/mol. The van der Waals surface area contributed by atoms with Gasteiger partial charge in [-0.1, -0.05) is 0 Å². The van der Waals surface area contributed by atoms with Crippen molar-refractivity contribution in [2.45, 2.75) is 31.8 Å². The molecule has 4 heteroatoms. The fourth-order valence-electron chi connectivity index (χ4n) is 1.69. The Labute approximate surface area is 89.0 Å². The summed E-state index contributed by atoms with van der Waals surface area (Å²) >= 11 is 0. The summed E-state index contributed by atoms with van der Waals surface area (Å²) in [5, 5.41) is 0. The molecular weight excluding hydrogens is 194 g/mol. The number of carbonyl (C=O) groups is 1. The molecule has 0 radical (unpaired) electrons. The average Bonchev–Trinajstić information content (AvgIpc) is 2.80. The molecule has 15 heavy (non-hydrogen) atoms. The SMILES string of the molecule is O=C(OC[C@H]1CCCO1)C1=CN=CCC1. The van der Waals surface area contributed by atoms with E-state index in [1.165, 1.54) is 0 Å². The fraction of sp³-hybridized carbons (Fsp3) is 0.636. The van der Waals surface area contributed by atoms with Crippen molar-refractivity contribution < 1.29 is 14.3 Å². The third-order valence-corrected chi connectivity index (χ3v) is 2.57. The van der Waals surface area contributed by atoms with Crippen molar-refractivity contribution in [2.24, 2.45) is 4.99 Å². The van der Waals surface area contributed by atoms with Crippen LogP contribution in [0.5, 0.6) is 0 Å². The van der Waals surface area contributed by atoms with Gasteiger partial charge in [0.25, 0.3) is 0 Å². The van der Waals surface area contributed by atoms with Gasteiger partial charge in [-0.2, -0.15) is 0 Å². The minimum Gasteiger partial charge on any atom is -0.460 e. The van der Waals surface area contributed by atoms with Crippen LogP contribution in [0.2, 0.25) is 0 Å². The Hall–Kier alpha value is -1.16. The number of hydrogen-bond donors (Lipinski definition) is 0. The smallest absolute Gasteiger partial charge is 0.335 e. The van der Waals surface area contributed by atoms with E-state index in [4.69, 9.17) is 9.47 Å². The van der Waals surface area contributed by atoms with E-state index in [0.717, 1.165) is 32.3 Å². The first-order valence-corrected chi connectivity index (χ1v) is 5.35. The maximum Gasteiger partial charge on any atom is 0.335 e. The first-order chi connectivity index (χ1) is 7.36. The molecule has 82 valence electrons. The topological polar surface area (TPSA) is 47.9 Å². The lowest BCUT2D eigenvalue weighted by Gasteiger charge is -2.12. The Morgan fingerprint density at radius 1 is 1.67 bits per heavy atom. The third kappa shape index (κ3) is 2.89. The zero-order valence-corrected chi connectivity index (χ0v) is 8.65. The highest BCUT2D eigenvalue weighted by atomic mass is 16.6. The quantitative estimate of drug-likeness (QED) is 0.661. The van der Waals surface area contributed by atoms with E-state index in [2.05, 4.69) is 4.99 Å². The first-order valence-electron chi connectivity index (χ1n) is 5.35. The Morgan fingerprint density at radius 2 is 2.60 bits per heavy atom. The number of aliphatic imine (C=N–C) groups is 1. The maximum absolute atomic E-state index is 11.5. The Balaban J connectivity index is 1.76. The van der Waals surface area contributed by atoms with Gasteiger partial charge in [-0.15, -0.1) is 0 Å². The average molecular weight is 209 g/mol. The van der Waals surface area contributed by atoms with E-state index in [9.17, 15) is 4.79 Å². The number of nitrogens with zero attached hydrogens (tertiary/aromatic N) is 1. The summed E-state index contributed by atoms with van der Waals surface area (Å²) in [5.74, 6) is -0.248. The molecule has 2 heterocycles. The number of rotatable bonds is 3. The minimum atomic E-state index is -0.248. The number of carbonyl (C=O) groups excluding carboxylic acids is 1. The molecule has 0 aromatic carbocycles. The van der Waals surface area contributed by atoms with E-state index in [-0.39, 0.29) is 12.1 Å². The van der Waals surface area contributed by atoms with E-state index in [0.29, 0.717) is 12.2 Å². The second-order valence-corrected chi connectivity index (χ2v) is 3.76. The van der Waals surface area contributed by atoms with E-state index in [1.54, 1.807) is 12.4 Å². The van der Waals surface area contributed by atoms with Gasteiger partial charge in [-0.05, 0) is 25.7 Å². The van der Waals surface area contributed by atoms with Crippen molar-refractivity contribution in [3.63, 3.8) is 0 Å². The van der Waals surface area contributed by atoms with Crippen LogP contribution < -0.4 is 0 Å². The van der Waals surface area contributed by atoms with Gasteiger partial charge in [-0.3, -0.25) is 4.99 Å². The van der Waals surface area contributed by atoms with E-state index < -0.39 is 0 Å². The molecular formula is C11H15NO3. The lowest BCUT2D eigenvalue weighted by Crippen LogP contribution is -2.19. The molecule has 0 aromatic rings. The van der Waals surface area contributed by atoms with Crippen LogP contribution in [0.3, 0.4) is 0 Å². The molecule has 0 aliphatic carbocycles. The predicted octanol–water partition coefficient (Wildman–Crippen LogP) is 1.46. The number of esters is 1. The van der Waals surface area contributed by atoms with Crippen LogP contribution in [0.1, 0.15) is 25.7 Å². The normalized spacial score (nSPS) is 25.1. The lowest BCUT2D eigenvalue weighted by atomic mass is 10.1. The third-order valence-electron chi connectivity index (χ3n) is 2.57. The largest absolute Gasteiger partial charge is 0.460 e. The second-order valence-electron chi connectivity index (χ2n) is 3.76. The van der Waals surface area contributed by atoms with E-state index >= 15 is 0 Å². The molecule has 0 amide bonds. The Bertz CT molecular complexity index is 290. The summed E-state index contributed by atoms with van der Waals surface area (Å²) in [6.45, 7) is 1.16. The van der Waals surface area contributed by atoms with Gasteiger partial charge in [-0.25, -0.2) is 4.79 Å². The number of ether oxygens (including phenoxy) is 2. The van der Waals surface area contributed by atoms with Crippen LogP contribution >= 0.6 is 0 Å². The highest BCUT2D eigenvalue weighted by molar-refractivity contribution is 5.89. The summed E-state index contributed by atoms with van der Waals surface area (Å²) in [6.07, 6.45) is 7.09. The highest BCUT2D eigenvalue weighted by Crippen LogP contribution is 2.15. The monoisotopic (exact) mass is 209 g/mol. The van der Waals surface area contributed by atoms with Crippen molar-refractivity contribution in [2.75, 3.05) is 13.2 Å². The molecule has 0 bridgehead atoms. The highest BCUT2D eigenvalue weighted by Gasteiger charge is 2.19. The zero-order chi connectivity index (χ0) is 10.5. The first kappa shape index (κ1) is 10.4. The van der Waals surface area contributed by atoms with Gasteiger partial charge >= 0.3 is 5.97 Å². The van der Waals surface area contributed by atoms with Crippen LogP contribution in [0.4, 0.5) is 0 Å². The molecule has 0 unspecified atom stereocenters. The molecule has 1 atom stereocenters. The van der Waals surface area contributed by atoms with Gasteiger partial charge in [0, 0.05) is 19.0 Å². The Morgan fingerprint density at radius 3 is 3.27 bits per heavy atom. The lowest BCUT2D eigenvalue weighted by molar-refractivity contribution is -0.142. The summed E-state index contributed by atoms with van der Waals surface area (Å²) < 4.78 is 10.5. The van der Waals surface area contributed by atoms with Crippen molar-refractivity contribution in [1.29, 1.82) is 0 Å². The summed E-state index contributed by atoms with van der Waals surface area (Å²) in [5.41, 5.74) is 0.662. The van der Waals surface area contributed by atoms with Crippen molar-refractivity contribution in [3.8, 4) is 0 Å². The fourth-order valence-corrected chi connectivity index (χ4v) is 1.69. The summed E-state index contributed by atoms with van der Waals surface area (Å²) in [4.78, 5) is 15.5. The van der Waals surface area contributed by atoms with Crippen LogP contribution in [-0.2, 0) is 14.3 Å². The standard InChI is InChI=1S/C11H15NO3/c13-11(9-3-1-5-12-7-9)15-8-10-4-2-6-14-10/h5,7,10H,1-4,6,8H2/t10-/m1/s1. The second kappa shape index (κ2) is 5.07. The number of hydrogen-bond acceptors (Lipinski definition) is 4. The van der Waals surface area contributed by atoms with Crippen LogP contribution in [0.15, 0.2) is 16.8 Å². The molecule has 1 saturated heterocycles. The van der Waals surface area contributed by atoms with Crippen molar-refractivity contribution in [3.05, 3.63) is 11.8 Å². The van der Waals surface area contributed by atoms with Gasteiger partial charge in [0.05, 0.1) is 11.7 Å². The summed E-state index contributed by atoms with van der Waals surface area (Å²) in [6, 6.07) is 0. The molecule has 1 fully saturated rings. The van der Waals surface area contributed by atoms with Crippen LogP contribution in [-0.4, -0.2) is 31.5 Å². The zero-order valence-electron chi connectivity index (χ0n) is 8.65. The molecule has 4 nitrogen and oxygen atoms in total. The molecule has 2 aliphatic rings. The molecule has 0 saturated carbocycles. The van der Waals surface area contributed by atoms with Crippen molar-refractivity contribution in [1.82, 2.24) is 0 Å². The van der Waals surface area contributed by atoms with Gasteiger partial charge in [0.2, 0.25) is 0 Å². The van der Waals surface area contributed by atoms with E-state index in [1.807, 2.05) is 0 Å². The van der Waals surface area contributed by atoms with Crippen LogP contribution in [0, 0.1) is 0 Å². The van der Waals surface area contributed by atoms with Gasteiger partial charge in [0.1, 0.15) is 6.61 Å². The minimum absolute atomic E-state index is 0.0987. The molecule has 2 rings (SSSR count). The Kier molecular flexibility index (Phi) is 3.50. The molecule has 0 spiro atoms. The van der Waals surface area contributed by atoms with Crippen LogP contribution in [0.25, 0.3) is 0 Å².